The Balaban J connectivity index is 1.95. The monoisotopic (exact) mass is 223 g/mol. The van der Waals surface area contributed by atoms with E-state index < -0.39 is 0 Å². The molecule has 0 bridgehead atoms. The Morgan fingerprint density at radius 1 is 1.18 bits per heavy atom. The Labute approximate surface area is 100 Å². The van der Waals surface area contributed by atoms with Gasteiger partial charge in [0.25, 0.3) is 0 Å². The van der Waals surface area contributed by atoms with E-state index in [1.165, 1.54) is 5.56 Å². The average molecular weight is 223 g/mol. The van der Waals surface area contributed by atoms with Gasteiger partial charge in [-0.05, 0) is 30.7 Å². The number of carbonyl (C=O) groups is 1. The molecule has 0 N–H and O–H groups in total. The van der Waals surface area contributed by atoms with Crippen LogP contribution in [0.3, 0.4) is 0 Å². The van der Waals surface area contributed by atoms with Gasteiger partial charge in [-0.2, -0.15) is 0 Å². The number of benzene rings is 1. The molecule has 2 heterocycles. The third-order valence-corrected chi connectivity index (χ3v) is 3.11. The molecule has 17 heavy (non-hydrogen) atoms. The lowest BCUT2D eigenvalue weighted by Crippen LogP contribution is -1.94. The van der Waals surface area contributed by atoms with Gasteiger partial charge in [0, 0.05) is 11.8 Å². The molecule has 84 valence electrons. The first-order valence-corrected chi connectivity index (χ1v) is 5.71. The first-order chi connectivity index (χ1) is 8.24. The van der Waals surface area contributed by atoms with Gasteiger partial charge in [-0.25, -0.2) is 0 Å². The fourth-order valence-corrected chi connectivity index (χ4v) is 2.15. The van der Waals surface area contributed by atoms with Gasteiger partial charge >= 0.3 is 0 Å². The molecule has 2 heteroatoms. The molecular formula is C15H13NO. The molecule has 1 aliphatic heterocycles. The van der Waals surface area contributed by atoms with Crippen LogP contribution >= 0.6 is 0 Å². The summed E-state index contributed by atoms with van der Waals surface area (Å²) in [6, 6.07) is 12.0. The molecule has 0 unspecified atom stereocenters. The number of aryl methyl sites for hydroxylation is 1. The zero-order chi connectivity index (χ0) is 11.8. The van der Waals surface area contributed by atoms with Crippen LogP contribution in [0.15, 0.2) is 48.2 Å². The molecule has 0 aliphatic carbocycles. The number of fused-ring (bicyclic) bond motifs is 1. The number of aromatic nitrogens is 1. The predicted octanol–water partition coefficient (Wildman–Crippen LogP) is 3.08. The number of allylic oxidation sites excluding steroid dienone is 1. The van der Waals surface area contributed by atoms with E-state index in [-0.39, 0.29) is 5.78 Å². The highest BCUT2D eigenvalue weighted by Gasteiger charge is 2.23. The molecule has 1 aliphatic rings. The number of nitrogens with zero attached hydrogens (tertiary/aromatic N) is 1. The maximum atomic E-state index is 12.0. The molecule has 0 spiro atoms. The van der Waals surface area contributed by atoms with Crippen LogP contribution in [0.1, 0.15) is 21.6 Å². The molecule has 0 saturated heterocycles. The molecule has 0 radical (unpaired) electrons. The van der Waals surface area contributed by atoms with Crippen LogP contribution in [0.25, 0.3) is 6.08 Å². The fourth-order valence-electron chi connectivity index (χ4n) is 2.15. The van der Waals surface area contributed by atoms with Crippen LogP contribution in [-0.4, -0.2) is 10.4 Å². The topological polar surface area (TPSA) is 22.0 Å². The zero-order valence-corrected chi connectivity index (χ0v) is 9.68. The second kappa shape index (κ2) is 3.74. The van der Waals surface area contributed by atoms with E-state index in [1.54, 1.807) is 0 Å². The summed E-state index contributed by atoms with van der Waals surface area (Å²) in [4.78, 5) is 12.0. The van der Waals surface area contributed by atoms with Gasteiger partial charge in [0.15, 0.2) is 0 Å². The maximum absolute atomic E-state index is 12.0. The summed E-state index contributed by atoms with van der Waals surface area (Å²) in [6.07, 6.45) is 3.93. The highest BCUT2D eigenvalue weighted by Crippen LogP contribution is 2.22. The Bertz CT molecular complexity index is 602. The Morgan fingerprint density at radius 2 is 1.94 bits per heavy atom. The molecule has 0 atom stereocenters. The molecule has 0 amide bonds. The van der Waals surface area contributed by atoms with Crippen LogP contribution in [0.4, 0.5) is 0 Å². The third kappa shape index (κ3) is 1.72. The van der Waals surface area contributed by atoms with Crippen molar-refractivity contribution in [2.45, 2.75) is 13.5 Å². The number of rotatable bonds is 1. The predicted molar refractivity (Wildman–Crippen MR) is 67.9 cm³/mol. The van der Waals surface area contributed by atoms with E-state index in [0.29, 0.717) is 6.54 Å². The second-order valence-electron chi connectivity index (χ2n) is 4.43. The number of hydrogen-bond acceptors (Lipinski definition) is 1. The normalized spacial score (nSPS) is 16.5. The maximum Gasteiger partial charge on any atom is 0.207 e. The Kier molecular flexibility index (Phi) is 2.22. The van der Waals surface area contributed by atoms with Gasteiger partial charge in [-0.1, -0.05) is 29.8 Å². The van der Waals surface area contributed by atoms with Crippen molar-refractivity contribution in [1.29, 1.82) is 0 Å². The summed E-state index contributed by atoms with van der Waals surface area (Å²) in [7, 11) is 0. The largest absolute Gasteiger partial charge is 0.340 e. The summed E-state index contributed by atoms with van der Waals surface area (Å²) in [5.74, 6) is 0.149. The number of Topliss-reactive ketones (excluding diaryl/α,β-unsaturated/α-hetero) is 1. The van der Waals surface area contributed by atoms with Crippen molar-refractivity contribution in [2.75, 3.05) is 0 Å². The molecular weight excluding hydrogens is 210 g/mol. The average Bonchev–Trinajstić information content (AvgIpc) is 2.87. The van der Waals surface area contributed by atoms with E-state index >= 15 is 0 Å². The third-order valence-electron chi connectivity index (χ3n) is 3.11. The van der Waals surface area contributed by atoms with Crippen LogP contribution in [0.2, 0.25) is 0 Å². The number of ketones is 1. The quantitative estimate of drug-likeness (QED) is 0.681. The van der Waals surface area contributed by atoms with E-state index in [2.05, 4.69) is 19.1 Å². The van der Waals surface area contributed by atoms with E-state index in [4.69, 9.17) is 0 Å². The lowest BCUT2D eigenvalue weighted by molar-refractivity contribution is 0.103. The van der Waals surface area contributed by atoms with Crippen molar-refractivity contribution in [1.82, 2.24) is 4.57 Å². The van der Waals surface area contributed by atoms with Crippen LogP contribution < -0.4 is 0 Å². The van der Waals surface area contributed by atoms with Gasteiger partial charge in [-0.3, -0.25) is 4.79 Å². The van der Waals surface area contributed by atoms with Gasteiger partial charge in [0.2, 0.25) is 5.78 Å². The Morgan fingerprint density at radius 3 is 2.65 bits per heavy atom. The highest BCUT2D eigenvalue weighted by molar-refractivity contribution is 6.12. The molecule has 2 nitrogen and oxygen atoms in total. The highest BCUT2D eigenvalue weighted by atomic mass is 16.1. The van der Waals surface area contributed by atoms with Crippen LogP contribution in [0, 0.1) is 6.92 Å². The van der Waals surface area contributed by atoms with E-state index in [1.807, 2.05) is 41.1 Å². The first kappa shape index (κ1) is 10.1. The summed E-state index contributed by atoms with van der Waals surface area (Å²) < 4.78 is 1.99. The molecule has 1 aromatic heterocycles. The zero-order valence-electron chi connectivity index (χ0n) is 9.68. The van der Waals surface area contributed by atoms with Gasteiger partial charge in [0.1, 0.15) is 0 Å². The standard InChI is InChI=1S/C15H13NO/c1-11-4-6-12(7-5-11)9-13-10-16-8-2-3-14(16)15(13)17/h2-9H,10H2,1H3/b13-9+. The SMILES string of the molecule is Cc1ccc(/C=C2\Cn3cccc3C2=O)cc1. The van der Waals surface area contributed by atoms with Crippen LogP contribution in [0.5, 0.6) is 0 Å². The smallest absolute Gasteiger partial charge is 0.207 e. The molecule has 0 saturated carbocycles. The van der Waals surface area contributed by atoms with Gasteiger partial charge in [0.05, 0.1) is 12.2 Å². The molecule has 1 aromatic carbocycles. The first-order valence-electron chi connectivity index (χ1n) is 5.71. The molecule has 3 rings (SSSR count). The fraction of sp³-hybridized carbons (Fsp3) is 0.133. The lowest BCUT2D eigenvalue weighted by atomic mass is 10.1. The number of carbonyl (C=O) groups excluding carboxylic acids is 1. The summed E-state index contributed by atoms with van der Waals surface area (Å²) in [6.45, 7) is 2.75. The lowest BCUT2D eigenvalue weighted by Gasteiger charge is -1.98. The van der Waals surface area contributed by atoms with Crippen molar-refractivity contribution in [3.8, 4) is 0 Å². The summed E-state index contributed by atoms with van der Waals surface area (Å²) >= 11 is 0. The van der Waals surface area contributed by atoms with E-state index in [9.17, 15) is 4.79 Å². The van der Waals surface area contributed by atoms with Gasteiger partial charge in [-0.15, -0.1) is 0 Å². The minimum atomic E-state index is 0.149. The molecule has 0 fully saturated rings. The second-order valence-corrected chi connectivity index (χ2v) is 4.43. The van der Waals surface area contributed by atoms with Crippen LogP contribution in [-0.2, 0) is 6.54 Å². The summed E-state index contributed by atoms with van der Waals surface area (Å²) in [5.41, 5.74) is 3.98. The van der Waals surface area contributed by atoms with Crippen molar-refractivity contribution in [2.24, 2.45) is 0 Å². The minimum Gasteiger partial charge on any atom is -0.340 e. The van der Waals surface area contributed by atoms with Crippen molar-refractivity contribution in [3.05, 3.63) is 65.0 Å². The molecule has 2 aromatic rings. The minimum absolute atomic E-state index is 0.149. The van der Waals surface area contributed by atoms with E-state index in [0.717, 1.165) is 16.8 Å². The van der Waals surface area contributed by atoms with Crippen molar-refractivity contribution < 1.29 is 4.79 Å². The summed E-state index contributed by atoms with van der Waals surface area (Å²) in [5, 5.41) is 0. The Hall–Kier alpha value is -2.09. The number of hydrogen-bond donors (Lipinski definition) is 0. The van der Waals surface area contributed by atoms with Crippen molar-refractivity contribution >= 4 is 11.9 Å². The van der Waals surface area contributed by atoms with Crippen molar-refractivity contribution in [3.63, 3.8) is 0 Å². The van der Waals surface area contributed by atoms with Gasteiger partial charge < -0.3 is 4.57 Å².